The van der Waals surface area contributed by atoms with Gasteiger partial charge >= 0.3 is 0 Å². The van der Waals surface area contributed by atoms with Crippen LogP contribution >= 0.6 is 23.7 Å². The molecule has 0 aromatic carbocycles. The number of nitrogens with zero attached hydrogens (tertiary/aromatic N) is 1. The van der Waals surface area contributed by atoms with Crippen molar-refractivity contribution in [3.63, 3.8) is 0 Å². The summed E-state index contributed by atoms with van der Waals surface area (Å²) >= 11 is 1.45. The second-order valence-corrected chi connectivity index (χ2v) is 6.99. The highest BCUT2D eigenvalue weighted by atomic mass is 35.5. The molecule has 1 aromatic rings. The minimum atomic E-state index is -0.0737. The third kappa shape index (κ3) is 3.98. The van der Waals surface area contributed by atoms with Gasteiger partial charge in [-0.3, -0.25) is 4.79 Å². The number of rotatable bonds is 4. The molecule has 0 bridgehead atoms. The van der Waals surface area contributed by atoms with Crippen LogP contribution in [0.1, 0.15) is 52.5 Å². The first-order valence-corrected chi connectivity index (χ1v) is 8.67. The Hall–Kier alpha value is -0.690. The average molecular weight is 346 g/mol. The quantitative estimate of drug-likeness (QED) is 0.877. The van der Waals surface area contributed by atoms with Gasteiger partial charge in [-0.1, -0.05) is 19.3 Å². The van der Waals surface area contributed by atoms with Crippen LogP contribution in [0, 0.1) is 5.92 Å². The molecule has 1 amide bonds. The van der Waals surface area contributed by atoms with E-state index in [0.717, 1.165) is 17.0 Å². The second-order valence-electron chi connectivity index (χ2n) is 5.91. The molecule has 0 saturated heterocycles. The molecule has 7 heteroatoms. The van der Waals surface area contributed by atoms with E-state index in [1.165, 1.54) is 43.4 Å². The number of ether oxygens (including phenoxy) is 1. The zero-order valence-electron chi connectivity index (χ0n) is 12.7. The van der Waals surface area contributed by atoms with Crippen molar-refractivity contribution in [3.8, 4) is 0 Å². The highest BCUT2D eigenvalue weighted by Gasteiger charge is 2.26. The molecular weight excluding hydrogens is 322 g/mol. The van der Waals surface area contributed by atoms with E-state index < -0.39 is 0 Å². The topological polar surface area (TPSA) is 77.2 Å². The number of carbonyl (C=O) groups is 1. The summed E-state index contributed by atoms with van der Waals surface area (Å²) < 4.78 is 5.41. The van der Waals surface area contributed by atoms with E-state index in [4.69, 9.17) is 10.5 Å². The number of carbonyl (C=O) groups excluding carboxylic acids is 1. The summed E-state index contributed by atoms with van der Waals surface area (Å²) in [5.41, 5.74) is 6.90. The lowest BCUT2D eigenvalue weighted by Gasteiger charge is -2.29. The average Bonchev–Trinajstić information content (AvgIpc) is 2.97. The van der Waals surface area contributed by atoms with Gasteiger partial charge in [-0.2, -0.15) is 0 Å². The fraction of sp³-hybridized carbons (Fsp3) is 0.733. The molecule has 3 N–H and O–H groups in total. The number of nitrogens with two attached hydrogens (primary N) is 1. The number of amides is 1. The summed E-state index contributed by atoms with van der Waals surface area (Å²) in [5, 5.41) is 3.66. The smallest absolute Gasteiger partial charge is 0.280 e. The van der Waals surface area contributed by atoms with Gasteiger partial charge in [0.2, 0.25) is 0 Å². The van der Waals surface area contributed by atoms with E-state index in [1.807, 2.05) is 0 Å². The number of aromatic nitrogens is 1. The maximum atomic E-state index is 12.4. The third-order valence-electron chi connectivity index (χ3n) is 4.48. The van der Waals surface area contributed by atoms with Crippen LogP contribution in [0.5, 0.6) is 0 Å². The Kier molecular flexibility index (Phi) is 6.62. The normalized spacial score (nSPS) is 19.9. The second kappa shape index (κ2) is 8.24. The minimum absolute atomic E-state index is 0. The van der Waals surface area contributed by atoms with Crippen LogP contribution in [0.2, 0.25) is 0 Å². The van der Waals surface area contributed by atoms with E-state index in [-0.39, 0.29) is 24.4 Å². The van der Waals surface area contributed by atoms with Gasteiger partial charge in [0.1, 0.15) is 0 Å². The molecule has 1 atom stereocenters. The molecule has 124 valence electrons. The molecule has 1 aliphatic heterocycles. The van der Waals surface area contributed by atoms with Gasteiger partial charge in [-0.25, -0.2) is 4.98 Å². The fourth-order valence-corrected chi connectivity index (χ4v) is 4.21. The number of thiazole rings is 1. The molecule has 1 unspecified atom stereocenters. The van der Waals surface area contributed by atoms with Crippen LogP contribution < -0.4 is 11.1 Å². The first-order valence-electron chi connectivity index (χ1n) is 7.85. The summed E-state index contributed by atoms with van der Waals surface area (Å²) in [6.45, 7) is 1.79. The van der Waals surface area contributed by atoms with Crippen molar-refractivity contribution in [2.24, 2.45) is 11.7 Å². The van der Waals surface area contributed by atoms with Crippen molar-refractivity contribution in [1.29, 1.82) is 0 Å². The van der Waals surface area contributed by atoms with Gasteiger partial charge in [0.05, 0.1) is 23.8 Å². The fourth-order valence-electron chi connectivity index (χ4n) is 3.26. The Morgan fingerprint density at radius 1 is 1.41 bits per heavy atom. The predicted octanol–water partition coefficient (Wildman–Crippen LogP) is 2.28. The van der Waals surface area contributed by atoms with Crippen LogP contribution in [0.15, 0.2) is 0 Å². The maximum Gasteiger partial charge on any atom is 0.280 e. The van der Waals surface area contributed by atoms with E-state index >= 15 is 0 Å². The largest absolute Gasteiger partial charge is 0.375 e. The van der Waals surface area contributed by atoms with Crippen molar-refractivity contribution in [3.05, 3.63) is 15.6 Å². The minimum Gasteiger partial charge on any atom is -0.375 e. The Bertz CT molecular complexity index is 479. The highest BCUT2D eigenvalue weighted by molar-refractivity contribution is 7.13. The van der Waals surface area contributed by atoms with Crippen LogP contribution in [-0.4, -0.2) is 30.1 Å². The molecule has 0 spiro atoms. The first kappa shape index (κ1) is 17.7. The molecule has 0 radical (unpaired) electrons. The van der Waals surface area contributed by atoms with Crippen LogP contribution in [0.4, 0.5) is 0 Å². The van der Waals surface area contributed by atoms with Crippen LogP contribution in [-0.2, 0) is 17.8 Å². The predicted molar refractivity (Wildman–Crippen MR) is 89.6 cm³/mol. The van der Waals surface area contributed by atoms with Gasteiger partial charge in [-0.05, 0) is 18.8 Å². The third-order valence-corrected chi connectivity index (χ3v) is 5.55. The zero-order chi connectivity index (χ0) is 14.7. The highest BCUT2D eigenvalue weighted by Crippen LogP contribution is 2.27. The molecule has 1 fully saturated rings. The van der Waals surface area contributed by atoms with E-state index in [9.17, 15) is 4.79 Å². The molecule has 1 aliphatic carbocycles. The molecule has 1 aromatic heterocycles. The van der Waals surface area contributed by atoms with Gasteiger partial charge < -0.3 is 15.8 Å². The van der Waals surface area contributed by atoms with Crippen molar-refractivity contribution in [2.45, 2.75) is 51.2 Å². The number of nitrogens with one attached hydrogen (secondary N) is 1. The molecule has 2 heterocycles. The maximum absolute atomic E-state index is 12.4. The Labute approximate surface area is 141 Å². The number of hydrogen-bond acceptors (Lipinski definition) is 5. The molecule has 1 saturated carbocycles. The summed E-state index contributed by atoms with van der Waals surface area (Å²) in [7, 11) is 0. The molecule has 22 heavy (non-hydrogen) atoms. The monoisotopic (exact) mass is 345 g/mol. The van der Waals surface area contributed by atoms with Crippen molar-refractivity contribution >= 4 is 29.7 Å². The lowest BCUT2D eigenvalue weighted by Crippen LogP contribution is -2.45. The zero-order valence-corrected chi connectivity index (χ0v) is 14.3. The van der Waals surface area contributed by atoms with Gasteiger partial charge in [0, 0.05) is 19.0 Å². The van der Waals surface area contributed by atoms with Crippen molar-refractivity contribution in [2.75, 3.05) is 13.2 Å². The Morgan fingerprint density at radius 2 is 2.18 bits per heavy atom. The van der Waals surface area contributed by atoms with Gasteiger partial charge in [0.25, 0.3) is 5.91 Å². The summed E-state index contributed by atoms with van der Waals surface area (Å²) in [5.74, 6) is 0.445. The van der Waals surface area contributed by atoms with Crippen molar-refractivity contribution < 1.29 is 9.53 Å². The van der Waals surface area contributed by atoms with E-state index in [0.29, 0.717) is 30.7 Å². The lowest BCUT2D eigenvalue weighted by atomic mass is 9.84. The standard InChI is InChI=1S/C15H23N3O2S.ClH/c16-8-12(10-4-2-1-3-5-10)17-14(19)15-18-11-6-7-20-9-13(11)21-15;/h10,12H,1-9,16H2,(H,17,19);1H. The molecule has 5 nitrogen and oxygen atoms in total. The number of fused-ring (bicyclic) bond motifs is 1. The molecule has 2 aliphatic rings. The van der Waals surface area contributed by atoms with Crippen LogP contribution in [0.3, 0.4) is 0 Å². The van der Waals surface area contributed by atoms with E-state index in [2.05, 4.69) is 10.3 Å². The number of halogens is 1. The van der Waals surface area contributed by atoms with Crippen LogP contribution in [0.25, 0.3) is 0 Å². The molecule has 3 rings (SSSR count). The summed E-state index contributed by atoms with van der Waals surface area (Å²) in [6.07, 6.45) is 6.96. The summed E-state index contributed by atoms with van der Waals surface area (Å²) in [6, 6.07) is 0.0787. The Morgan fingerprint density at radius 3 is 2.86 bits per heavy atom. The van der Waals surface area contributed by atoms with Crippen molar-refractivity contribution in [1.82, 2.24) is 10.3 Å². The van der Waals surface area contributed by atoms with Gasteiger partial charge in [-0.15, -0.1) is 23.7 Å². The SMILES string of the molecule is Cl.NCC(NC(=O)c1nc2c(s1)COCC2)C1CCCCC1. The summed E-state index contributed by atoms with van der Waals surface area (Å²) in [4.78, 5) is 18.0. The van der Waals surface area contributed by atoms with E-state index in [1.54, 1.807) is 0 Å². The Balaban J connectivity index is 0.00000176. The number of hydrogen-bond donors (Lipinski definition) is 2. The molecular formula is C15H24ClN3O2S. The first-order chi connectivity index (χ1) is 10.3. The van der Waals surface area contributed by atoms with Gasteiger partial charge in [0.15, 0.2) is 5.01 Å². The lowest BCUT2D eigenvalue weighted by molar-refractivity contribution is 0.0914.